The first-order chi connectivity index (χ1) is 11.1. The van der Waals surface area contributed by atoms with Gasteiger partial charge >= 0.3 is 6.03 Å². The van der Waals surface area contributed by atoms with Crippen LogP contribution in [-0.2, 0) is 0 Å². The van der Waals surface area contributed by atoms with Crippen LogP contribution in [0.2, 0.25) is 0 Å². The molecule has 122 valence electrons. The maximum absolute atomic E-state index is 12.0. The van der Waals surface area contributed by atoms with E-state index in [1.807, 2.05) is 31.2 Å². The van der Waals surface area contributed by atoms with Crippen LogP contribution in [0.5, 0.6) is 0 Å². The number of aliphatic hydroxyl groups is 1. The highest BCUT2D eigenvalue weighted by atomic mass is 16.4. The molecule has 2 unspecified atom stereocenters. The normalized spacial score (nSPS) is 20.4. The van der Waals surface area contributed by atoms with E-state index in [1.54, 1.807) is 6.20 Å². The minimum Gasteiger partial charge on any atom is -0.441 e. The maximum Gasteiger partial charge on any atom is 0.319 e. The van der Waals surface area contributed by atoms with Gasteiger partial charge < -0.3 is 20.2 Å². The molecule has 1 aliphatic rings. The van der Waals surface area contributed by atoms with Gasteiger partial charge in [0, 0.05) is 23.7 Å². The third-order valence-corrected chi connectivity index (χ3v) is 4.13. The Kier molecular flexibility index (Phi) is 4.62. The molecule has 6 nitrogen and oxygen atoms in total. The Morgan fingerprint density at radius 2 is 2.30 bits per heavy atom. The van der Waals surface area contributed by atoms with Crippen LogP contribution in [0.4, 0.5) is 10.5 Å². The summed E-state index contributed by atoms with van der Waals surface area (Å²) in [4.78, 5) is 16.2. The largest absolute Gasteiger partial charge is 0.441 e. The number of aryl methyl sites for hydroxylation is 1. The Labute approximate surface area is 134 Å². The zero-order valence-corrected chi connectivity index (χ0v) is 13.1. The van der Waals surface area contributed by atoms with Crippen molar-refractivity contribution in [1.29, 1.82) is 0 Å². The smallest absolute Gasteiger partial charge is 0.319 e. The molecule has 1 fully saturated rings. The second-order valence-corrected chi connectivity index (χ2v) is 5.95. The quantitative estimate of drug-likeness (QED) is 0.809. The number of benzene rings is 1. The van der Waals surface area contributed by atoms with Gasteiger partial charge in [-0.05, 0) is 38.0 Å². The van der Waals surface area contributed by atoms with Gasteiger partial charge in [-0.3, -0.25) is 0 Å². The minimum absolute atomic E-state index is 0.155. The number of carbonyl (C=O) groups excluding carboxylic acids is 1. The molecule has 0 spiro atoms. The third kappa shape index (κ3) is 3.90. The van der Waals surface area contributed by atoms with Crippen molar-refractivity contribution in [3.8, 4) is 11.5 Å². The molecule has 23 heavy (non-hydrogen) atoms. The molecule has 0 aliphatic heterocycles. The Bertz CT molecular complexity index is 683. The van der Waals surface area contributed by atoms with Gasteiger partial charge in [-0.2, -0.15) is 0 Å². The van der Waals surface area contributed by atoms with Crippen molar-refractivity contribution in [1.82, 2.24) is 10.3 Å². The van der Waals surface area contributed by atoms with Crippen molar-refractivity contribution in [3.63, 3.8) is 0 Å². The van der Waals surface area contributed by atoms with Crippen molar-refractivity contribution in [2.75, 3.05) is 11.9 Å². The van der Waals surface area contributed by atoms with Crippen molar-refractivity contribution >= 4 is 11.7 Å². The molecule has 1 aromatic heterocycles. The number of aliphatic hydroxyl groups excluding tert-OH is 1. The van der Waals surface area contributed by atoms with E-state index in [-0.39, 0.29) is 18.1 Å². The molecule has 2 aromatic rings. The fourth-order valence-corrected chi connectivity index (χ4v) is 2.87. The molecule has 1 aromatic carbocycles. The lowest BCUT2D eigenvalue weighted by atomic mass is 10.1. The van der Waals surface area contributed by atoms with Gasteiger partial charge in [0.15, 0.2) is 0 Å². The molecule has 1 heterocycles. The van der Waals surface area contributed by atoms with E-state index in [0.29, 0.717) is 18.1 Å². The number of oxazole rings is 1. The fourth-order valence-electron chi connectivity index (χ4n) is 2.87. The topological polar surface area (TPSA) is 87.4 Å². The van der Waals surface area contributed by atoms with Gasteiger partial charge in [-0.15, -0.1) is 0 Å². The number of hydrogen-bond acceptors (Lipinski definition) is 4. The number of urea groups is 1. The summed E-state index contributed by atoms with van der Waals surface area (Å²) in [6.45, 7) is 2.33. The Morgan fingerprint density at radius 3 is 3.00 bits per heavy atom. The molecule has 2 amide bonds. The summed E-state index contributed by atoms with van der Waals surface area (Å²) in [7, 11) is 0. The summed E-state index contributed by atoms with van der Waals surface area (Å²) >= 11 is 0. The number of anilines is 1. The fraction of sp³-hybridized carbons (Fsp3) is 0.412. The number of aromatic nitrogens is 1. The molecule has 0 radical (unpaired) electrons. The lowest BCUT2D eigenvalue weighted by Crippen LogP contribution is -2.35. The standard InChI is InChI=1S/C17H21N3O3/c1-11-9-18-16(23-11)12-4-2-6-14(8-12)20-17(22)19-10-13-5-3-7-15(13)21/h2,4,6,8-9,13,15,21H,3,5,7,10H2,1H3,(H2,19,20,22). The first-order valence-corrected chi connectivity index (χ1v) is 7.87. The maximum atomic E-state index is 12.0. The SMILES string of the molecule is Cc1cnc(-c2cccc(NC(=O)NCC3CCCC3O)c2)o1. The molecule has 0 bridgehead atoms. The van der Waals surface area contributed by atoms with Crippen LogP contribution in [0.3, 0.4) is 0 Å². The van der Waals surface area contributed by atoms with Crippen molar-refractivity contribution in [3.05, 3.63) is 36.2 Å². The van der Waals surface area contributed by atoms with Crippen LogP contribution in [0.15, 0.2) is 34.9 Å². The molecule has 1 aliphatic carbocycles. The number of rotatable bonds is 4. The molecular formula is C17H21N3O3. The number of carbonyl (C=O) groups is 1. The van der Waals surface area contributed by atoms with Crippen LogP contribution in [0.25, 0.3) is 11.5 Å². The molecular weight excluding hydrogens is 294 g/mol. The molecule has 3 rings (SSSR count). The average Bonchev–Trinajstić information content (AvgIpc) is 3.14. The first kappa shape index (κ1) is 15.6. The average molecular weight is 315 g/mol. The Hall–Kier alpha value is -2.34. The van der Waals surface area contributed by atoms with Crippen molar-refractivity contribution in [2.45, 2.75) is 32.3 Å². The van der Waals surface area contributed by atoms with Gasteiger partial charge in [-0.1, -0.05) is 12.5 Å². The minimum atomic E-state index is -0.299. The highest BCUT2D eigenvalue weighted by molar-refractivity contribution is 5.89. The van der Waals surface area contributed by atoms with Gasteiger partial charge in [0.05, 0.1) is 12.3 Å². The van der Waals surface area contributed by atoms with Crippen LogP contribution in [0, 0.1) is 12.8 Å². The monoisotopic (exact) mass is 315 g/mol. The lowest BCUT2D eigenvalue weighted by molar-refractivity contribution is 0.133. The summed E-state index contributed by atoms with van der Waals surface area (Å²) in [6.07, 6.45) is 4.17. The van der Waals surface area contributed by atoms with E-state index < -0.39 is 0 Å². The van der Waals surface area contributed by atoms with Gasteiger partial charge in [-0.25, -0.2) is 9.78 Å². The summed E-state index contributed by atoms with van der Waals surface area (Å²) in [5.41, 5.74) is 1.48. The molecule has 2 atom stereocenters. The zero-order chi connectivity index (χ0) is 16.2. The van der Waals surface area contributed by atoms with Crippen LogP contribution in [0.1, 0.15) is 25.0 Å². The number of nitrogens with zero attached hydrogens (tertiary/aromatic N) is 1. The molecule has 6 heteroatoms. The molecule has 3 N–H and O–H groups in total. The van der Waals surface area contributed by atoms with Gasteiger partial charge in [0.25, 0.3) is 0 Å². The van der Waals surface area contributed by atoms with Crippen molar-refractivity contribution < 1.29 is 14.3 Å². The van der Waals surface area contributed by atoms with Crippen LogP contribution >= 0.6 is 0 Å². The second-order valence-electron chi connectivity index (χ2n) is 5.95. The van der Waals surface area contributed by atoms with Gasteiger partial charge in [0.1, 0.15) is 5.76 Å². The molecule has 1 saturated carbocycles. The van der Waals surface area contributed by atoms with Crippen LogP contribution < -0.4 is 10.6 Å². The summed E-state index contributed by atoms with van der Waals surface area (Å²) in [5, 5.41) is 15.4. The number of nitrogens with one attached hydrogen (secondary N) is 2. The third-order valence-electron chi connectivity index (χ3n) is 4.13. The Balaban J connectivity index is 1.58. The van der Waals surface area contributed by atoms with Gasteiger partial charge in [0.2, 0.25) is 5.89 Å². The van der Waals surface area contributed by atoms with E-state index >= 15 is 0 Å². The second kappa shape index (κ2) is 6.83. The van der Waals surface area contributed by atoms with E-state index in [0.717, 1.165) is 30.6 Å². The highest BCUT2D eigenvalue weighted by Crippen LogP contribution is 2.25. The summed E-state index contributed by atoms with van der Waals surface area (Å²) in [6, 6.07) is 7.07. The number of hydrogen-bond donors (Lipinski definition) is 3. The van der Waals surface area contributed by atoms with E-state index in [1.165, 1.54) is 0 Å². The van der Waals surface area contributed by atoms with Crippen LogP contribution in [-0.4, -0.2) is 28.8 Å². The van der Waals surface area contributed by atoms with E-state index in [9.17, 15) is 9.90 Å². The summed E-state index contributed by atoms with van der Waals surface area (Å²) in [5.74, 6) is 1.43. The lowest BCUT2D eigenvalue weighted by Gasteiger charge is -2.15. The predicted molar refractivity (Wildman–Crippen MR) is 87.0 cm³/mol. The van der Waals surface area contributed by atoms with Crippen molar-refractivity contribution in [2.24, 2.45) is 5.92 Å². The van der Waals surface area contributed by atoms with E-state index in [4.69, 9.17) is 4.42 Å². The molecule has 0 saturated heterocycles. The van der Waals surface area contributed by atoms with E-state index in [2.05, 4.69) is 15.6 Å². The highest BCUT2D eigenvalue weighted by Gasteiger charge is 2.25. The number of amides is 2. The first-order valence-electron chi connectivity index (χ1n) is 7.87. The predicted octanol–water partition coefficient (Wildman–Crippen LogP) is 2.93. The summed E-state index contributed by atoms with van der Waals surface area (Å²) < 4.78 is 5.49. The zero-order valence-electron chi connectivity index (χ0n) is 13.1. The Morgan fingerprint density at radius 1 is 1.43 bits per heavy atom.